The third-order valence-electron chi connectivity index (χ3n) is 9.06. The van der Waals surface area contributed by atoms with E-state index >= 15 is 0 Å². The van der Waals surface area contributed by atoms with Crippen LogP contribution < -0.4 is 16.2 Å². The molecule has 3 fully saturated rings. The van der Waals surface area contributed by atoms with Crippen LogP contribution in [0.2, 0.25) is 0 Å². The van der Waals surface area contributed by atoms with Crippen LogP contribution in [0, 0.1) is 11.3 Å². The zero-order valence-electron chi connectivity index (χ0n) is 24.6. The number of nitrogens with one attached hydrogen (secondary N) is 2. The molecule has 0 radical (unpaired) electrons. The standard InChI is InChI=1S/C34H35N7O2/c1-34(10-3-11-34)37-19-22-15-28(33(43)41(20-22)25-7-8-25)32(42)39-30-17-24(16-29(38-30)23-5-6-23)26-9-4-21(18-35)14-27(26)31-36-12-13-40(31)2/h4,9,12-17,20,23,25,37H,3,5-8,10-11,19H2,1-2H3,(H,38,39,42). The van der Waals surface area contributed by atoms with Gasteiger partial charge in [0.2, 0.25) is 0 Å². The predicted octanol–water partition coefficient (Wildman–Crippen LogP) is 5.68. The van der Waals surface area contributed by atoms with Gasteiger partial charge in [-0.1, -0.05) is 6.07 Å². The molecule has 0 saturated heterocycles. The van der Waals surface area contributed by atoms with Gasteiger partial charge in [-0.2, -0.15) is 5.26 Å². The van der Waals surface area contributed by atoms with E-state index in [4.69, 9.17) is 4.98 Å². The molecule has 9 heteroatoms. The monoisotopic (exact) mass is 573 g/mol. The predicted molar refractivity (Wildman–Crippen MR) is 165 cm³/mol. The van der Waals surface area contributed by atoms with Crippen LogP contribution in [0.25, 0.3) is 22.5 Å². The highest BCUT2D eigenvalue weighted by atomic mass is 16.2. The molecule has 3 aliphatic rings. The van der Waals surface area contributed by atoms with Gasteiger partial charge in [0, 0.05) is 60.9 Å². The van der Waals surface area contributed by atoms with E-state index in [1.54, 1.807) is 22.9 Å². The minimum absolute atomic E-state index is 0.117. The molecule has 1 amide bonds. The average Bonchev–Trinajstić information content (AvgIpc) is 3.93. The number of carbonyl (C=O) groups is 1. The van der Waals surface area contributed by atoms with Gasteiger partial charge in [-0.05, 0) is 98.9 Å². The lowest BCUT2D eigenvalue weighted by atomic mass is 9.78. The van der Waals surface area contributed by atoms with Crippen molar-refractivity contribution < 1.29 is 4.79 Å². The Hall–Kier alpha value is -4.55. The quantitative estimate of drug-likeness (QED) is 0.266. The van der Waals surface area contributed by atoms with Crippen molar-refractivity contribution >= 4 is 11.7 Å². The first-order valence-corrected chi connectivity index (χ1v) is 15.2. The largest absolute Gasteiger partial charge is 0.334 e. The van der Waals surface area contributed by atoms with Crippen molar-refractivity contribution in [2.75, 3.05) is 5.32 Å². The fraction of sp³-hybridized carbons (Fsp3) is 0.382. The van der Waals surface area contributed by atoms with Crippen molar-refractivity contribution in [3.8, 4) is 28.6 Å². The molecule has 1 aromatic carbocycles. The molecule has 9 nitrogen and oxygen atoms in total. The van der Waals surface area contributed by atoms with Gasteiger partial charge in [-0.25, -0.2) is 9.97 Å². The van der Waals surface area contributed by atoms with Crippen LogP contribution in [-0.4, -0.2) is 30.5 Å². The van der Waals surface area contributed by atoms with E-state index in [0.29, 0.717) is 23.8 Å². The summed E-state index contributed by atoms with van der Waals surface area (Å²) < 4.78 is 3.66. The van der Waals surface area contributed by atoms with Crippen LogP contribution in [0.1, 0.15) is 91.0 Å². The smallest absolute Gasteiger partial charge is 0.263 e. The molecule has 0 bridgehead atoms. The Balaban J connectivity index is 1.24. The average molecular weight is 574 g/mol. The summed E-state index contributed by atoms with van der Waals surface area (Å²) in [6.07, 6.45) is 13.0. The van der Waals surface area contributed by atoms with Gasteiger partial charge in [0.1, 0.15) is 17.2 Å². The van der Waals surface area contributed by atoms with E-state index in [2.05, 4.69) is 34.7 Å². The molecule has 0 atom stereocenters. The number of anilines is 1. The number of aryl methyl sites for hydroxylation is 1. The highest BCUT2D eigenvalue weighted by Crippen LogP contribution is 2.42. The van der Waals surface area contributed by atoms with Gasteiger partial charge >= 0.3 is 0 Å². The molecule has 0 spiro atoms. The maximum Gasteiger partial charge on any atom is 0.263 e. The number of pyridine rings is 2. The lowest BCUT2D eigenvalue weighted by molar-refractivity contribution is 0.102. The van der Waals surface area contributed by atoms with E-state index in [0.717, 1.165) is 72.3 Å². The molecule has 0 unspecified atom stereocenters. The summed E-state index contributed by atoms with van der Waals surface area (Å²) in [7, 11) is 1.92. The second-order valence-electron chi connectivity index (χ2n) is 12.6. The number of hydrogen-bond donors (Lipinski definition) is 2. The highest BCUT2D eigenvalue weighted by Gasteiger charge is 2.32. The lowest BCUT2D eigenvalue weighted by Gasteiger charge is -2.39. The third-order valence-corrected chi connectivity index (χ3v) is 9.06. The lowest BCUT2D eigenvalue weighted by Crippen LogP contribution is -2.47. The summed E-state index contributed by atoms with van der Waals surface area (Å²) in [5.41, 5.74) is 4.96. The number of rotatable bonds is 9. The minimum Gasteiger partial charge on any atom is -0.334 e. The van der Waals surface area contributed by atoms with Crippen LogP contribution in [0.4, 0.5) is 5.82 Å². The number of imidazole rings is 1. The van der Waals surface area contributed by atoms with Crippen molar-refractivity contribution in [1.82, 2.24) is 24.4 Å². The Morgan fingerprint density at radius 1 is 1.12 bits per heavy atom. The Kier molecular flexibility index (Phi) is 6.74. The summed E-state index contributed by atoms with van der Waals surface area (Å²) in [5.74, 6) is 1.03. The summed E-state index contributed by atoms with van der Waals surface area (Å²) in [4.78, 5) is 36.6. The maximum absolute atomic E-state index is 13.7. The molecule has 43 heavy (non-hydrogen) atoms. The minimum atomic E-state index is -0.452. The molecule has 3 aliphatic carbocycles. The van der Waals surface area contributed by atoms with Gasteiger partial charge in [0.25, 0.3) is 11.5 Å². The topological polar surface area (TPSA) is 118 Å². The Labute approximate surface area is 250 Å². The van der Waals surface area contributed by atoms with Crippen molar-refractivity contribution in [1.29, 1.82) is 5.26 Å². The van der Waals surface area contributed by atoms with Crippen LogP contribution >= 0.6 is 0 Å². The number of nitrogens with zero attached hydrogens (tertiary/aromatic N) is 5. The van der Waals surface area contributed by atoms with Gasteiger partial charge in [-0.15, -0.1) is 0 Å². The maximum atomic E-state index is 13.7. The molecule has 7 rings (SSSR count). The van der Waals surface area contributed by atoms with E-state index in [-0.39, 0.29) is 22.7 Å². The number of aromatic nitrogens is 4. The summed E-state index contributed by atoms with van der Waals surface area (Å²) in [5, 5.41) is 16.2. The zero-order valence-corrected chi connectivity index (χ0v) is 24.6. The van der Waals surface area contributed by atoms with Crippen molar-refractivity contribution in [2.45, 2.75) is 75.9 Å². The highest BCUT2D eigenvalue weighted by molar-refractivity contribution is 6.04. The van der Waals surface area contributed by atoms with E-state index in [1.807, 2.05) is 42.2 Å². The van der Waals surface area contributed by atoms with Crippen LogP contribution in [0.3, 0.4) is 0 Å². The fourth-order valence-electron chi connectivity index (χ4n) is 5.96. The summed E-state index contributed by atoms with van der Waals surface area (Å²) in [6.45, 7) is 2.84. The Bertz CT molecular complexity index is 1830. The van der Waals surface area contributed by atoms with Gasteiger partial charge in [0.15, 0.2) is 0 Å². The Morgan fingerprint density at radius 3 is 2.58 bits per heavy atom. The summed E-state index contributed by atoms with van der Waals surface area (Å²) >= 11 is 0. The third kappa shape index (κ3) is 5.51. The second kappa shape index (κ2) is 10.6. The van der Waals surface area contributed by atoms with Crippen molar-refractivity contribution in [2.24, 2.45) is 7.05 Å². The van der Waals surface area contributed by atoms with E-state index in [9.17, 15) is 14.9 Å². The summed E-state index contributed by atoms with van der Waals surface area (Å²) in [6, 6.07) is 13.6. The molecule has 3 heterocycles. The molecular formula is C34H35N7O2. The van der Waals surface area contributed by atoms with E-state index in [1.165, 1.54) is 6.42 Å². The van der Waals surface area contributed by atoms with Crippen molar-refractivity contribution in [3.05, 3.63) is 87.7 Å². The normalized spacial score (nSPS) is 17.2. The first kappa shape index (κ1) is 27.3. The molecule has 3 aromatic heterocycles. The molecule has 4 aromatic rings. The van der Waals surface area contributed by atoms with Crippen LogP contribution in [0.15, 0.2) is 59.8 Å². The molecule has 218 valence electrons. The number of nitriles is 1. The van der Waals surface area contributed by atoms with Gasteiger partial charge in [0.05, 0.1) is 11.6 Å². The second-order valence-corrected chi connectivity index (χ2v) is 12.6. The number of amides is 1. The first-order valence-electron chi connectivity index (χ1n) is 15.2. The fourth-order valence-corrected chi connectivity index (χ4v) is 5.96. The van der Waals surface area contributed by atoms with Crippen LogP contribution in [-0.2, 0) is 13.6 Å². The number of benzene rings is 1. The molecular weight excluding hydrogens is 538 g/mol. The molecule has 0 aliphatic heterocycles. The van der Waals surface area contributed by atoms with Gasteiger partial charge < -0.3 is 19.8 Å². The molecule has 3 saturated carbocycles. The van der Waals surface area contributed by atoms with Crippen LogP contribution in [0.5, 0.6) is 0 Å². The van der Waals surface area contributed by atoms with E-state index < -0.39 is 5.91 Å². The first-order chi connectivity index (χ1) is 20.8. The SMILES string of the molecule is Cn1ccnc1-c1cc(C#N)ccc1-c1cc(NC(=O)c2cc(CNC3(C)CCC3)cn(C3CC3)c2=O)nc(C2CC2)c1. The Morgan fingerprint density at radius 2 is 1.93 bits per heavy atom. The van der Waals surface area contributed by atoms with Crippen molar-refractivity contribution in [3.63, 3.8) is 0 Å². The number of carbonyl (C=O) groups excluding carboxylic acids is 1. The molecule has 2 N–H and O–H groups in total. The number of hydrogen-bond acceptors (Lipinski definition) is 6. The van der Waals surface area contributed by atoms with Gasteiger partial charge in [-0.3, -0.25) is 9.59 Å². The zero-order chi connectivity index (χ0) is 29.7.